The van der Waals surface area contributed by atoms with E-state index in [-0.39, 0.29) is 13.2 Å². The number of rotatable bonds is 6. The van der Waals surface area contributed by atoms with Crippen LogP contribution in [0.5, 0.6) is 11.5 Å². The maximum absolute atomic E-state index is 8.83. The zero-order valence-electron chi connectivity index (χ0n) is 11.3. The summed E-state index contributed by atoms with van der Waals surface area (Å²) >= 11 is 0. The first-order chi connectivity index (χ1) is 9.33. The molecule has 3 N–H and O–H groups in total. The van der Waals surface area contributed by atoms with Crippen LogP contribution in [0.1, 0.15) is 12.8 Å². The van der Waals surface area contributed by atoms with E-state index in [4.69, 9.17) is 14.6 Å². The maximum Gasteiger partial charge on any atom is 0.163 e. The Kier molecular flexibility index (Phi) is 5.30. The van der Waals surface area contributed by atoms with Crippen molar-refractivity contribution in [2.45, 2.75) is 18.9 Å². The van der Waals surface area contributed by atoms with Crippen molar-refractivity contribution in [3.05, 3.63) is 18.2 Å². The van der Waals surface area contributed by atoms with Crippen molar-refractivity contribution in [2.24, 2.45) is 0 Å². The highest BCUT2D eigenvalue weighted by atomic mass is 16.5. The second kappa shape index (κ2) is 7.21. The molecule has 0 amide bonds. The van der Waals surface area contributed by atoms with Crippen molar-refractivity contribution in [2.75, 3.05) is 38.7 Å². The topological polar surface area (TPSA) is 62.8 Å². The number of aliphatic hydroxyl groups is 1. The quantitative estimate of drug-likeness (QED) is 0.723. The number of hydrogen-bond donors (Lipinski definition) is 3. The van der Waals surface area contributed by atoms with E-state index in [1.165, 1.54) is 12.8 Å². The summed E-state index contributed by atoms with van der Waals surface area (Å²) in [5.41, 5.74) is 1.02. The maximum atomic E-state index is 8.83. The van der Waals surface area contributed by atoms with Gasteiger partial charge in [0.25, 0.3) is 0 Å². The molecule has 19 heavy (non-hydrogen) atoms. The highest BCUT2D eigenvalue weighted by Gasteiger charge is 2.13. The van der Waals surface area contributed by atoms with Crippen molar-refractivity contribution >= 4 is 5.69 Å². The Labute approximate surface area is 113 Å². The highest BCUT2D eigenvalue weighted by Crippen LogP contribution is 2.30. The first-order valence-electron chi connectivity index (χ1n) is 6.72. The van der Waals surface area contributed by atoms with Crippen molar-refractivity contribution in [1.29, 1.82) is 0 Å². The van der Waals surface area contributed by atoms with Crippen LogP contribution in [0.4, 0.5) is 5.69 Å². The van der Waals surface area contributed by atoms with Crippen LogP contribution in [-0.2, 0) is 0 Å². The smallest absolute Gasteiger partial charge is 0.163 e. The SMILES string of the molecule is COc1ccc(NC2CCCNC2)cc1OCCO. The molecule has 0 aliphatic carbocycles. The van der Waals surface area contributed by atoms with E-state index in [9.17, 15) is 0 Å². The summed E-state index contributed by atoms with van der Waals surface area (Å²) in [6.07, 6.45) is 2.37. The third-order valence-electron chi connectivity index (χ3n) is 3.18. The largest absolute Gasteiger partial charge is 0.493 e. The lowest BCUT2D eigenvalue weighted by atomic mass is 10.1. The first-order valence-corrected chi connectivity index (χ1v) is 6.72. The van der Waals surface area contributed by atoms with Crippen LogP contribution in [-0.4, -0.2) is 44.6 Å². The molecule has 1 aromatic rings. The number of nitrogens with one attached hydrogen (secondary N) is 2. The fraction of sp³-hybridized carbons (Fsp3) is 0.571. The second-order valence-corrected chi connectivity index (χ2v) is 4.63. The van der Waals surface area contributed by atoms with Gasteiger partial charge in [0.05, 0.1) is 13.7 Å². The molecule has 1 aliphatic rings. The third kappa shape index (κ3) is 4.01. The molecule has 1 heterocycles. The van der Waals surface area contributed by atoms with Crippen LogP contribution in [0.25, 0.3) is 0 Å². The van der Waals surface area contributed by atoms with Crippen LogP contribution in [0, 0.1) is 0 Å². The summed E-state index contributed by atoms with van der Waals surface area (Å²) in [5.74, 6) is 1.34. The van der Waals surface area contributed by atoms with E-state index < -0.39 is 0 Å². The number of ether oxygens (including phenoxy) is 2. The zero-order chi connectivity index (χ0) is 13.5. The first kappa shape index (κ1) is 14.0. The Morgan fingerprint density at radius 3 is 3.00 bits per heavy atom. The molecular weight excluding hydrogens is 244 g/mol. The van der Waals surface area contributed by atoms with Crippen LogP contribution < -0.4 is 20.1 Å². The molecular formula is C14H22N2O3. The van der Waals surface area contributed by atoms with E-state index in [1.54, 1.807) is 7.11 Å². The Bertz CT molecular complexity index is 392. The standard InChI is InChI=1S/C14H22N2O3/c1-18-13-5-4-11(9-14(13)19-8-7-17)16-12-3-2-6-15-10-12/h4-5,9,12,15-17H,2-3,6-8,10H2,1H3. The third-order valence-corrected chi connectivity index (χ3v) is 3.18. The summed E-state index contributed by atoms with van der Waals surface area (Å²) in [7, 11) is 1.61. The fourth-order valence-electron chi connectivity index (χ4n) is 2.25. The van der Waals surface area contributed by atoms with E-state index in [0.717, 1.165) is 18.8 Å². The van der Waals surface area contributed by atoms with Crippen LogP contribution in [0.2, 0.25) is 0 Å². The number of hydrogen-bond acceptors (Lipinski definition) is 5. The molecule has 106 valence electrons. The van der Waals surface area contributed by atoms with Gasteiger partial charge in [-0.05, 0) is 31.5 Å². The Hall–Kier alpha value is -1.46. The molecule has 0 aromatic heterocycles. The van der Waals surface area contributed by atoms with Gasteiger partial charge >= 0.3 is 0 Å². The molecule has 0 radical (unpaired) electrons. The molecule has 1 aliphatic heterocycles. The van der Waals surface area contributed by atoms with Gasteiger partial charge in [0, 0.05) is 24.3 Å². The van der Waals surface area contributed by atoms with Crippen molar-refractivity contribution < 1.29 is 14.6 Å². The molecule has 5 nitrogen and oxygen atoms in total. The van der Waals surface area contributed by atoms with Gasteiger partial charge in [0.1, 0.15) is 6.61 Å². The van der Waals surface area contributed by atoms with E-state index in [2.05, 4.69) is 10.6 Å². The van der Waals surface area contributed by atoms with Gasteiger partial charge < -0.3 is 25.2 Å². The van der Waals surface area contributed by atoms with Gasteiger partial charge in [-0.3, -0.25) is 0 Å². The Morgan fingerprint density at radius 1 is 1.42 bits per heavy atom. The van der Waals surface area contributed by atoms with Crippen molar-refractivity contribution in [3.63, 3.8) is 0 Å². The molecule has 0 bridgehead atoms. The number of methoxy groups -OCH3 is 1. The predicted molar refractivity (Wildman–Crippen MR) is 75.1 cm³/mol. The normalized spacial score (nSPS) is 18.9. The van der Waals surface area contributed by atoms with Gasteiger partial charge in [0.15, 0.2) is 11.5 Å². The van der Waals surface area contributed by atoms with E-state index >= 15 is 0 Å². The molecule has 1 saturated heterocycles. The number of anilines is 1. The minimum Gasteiger partial charge on any atom is -0.493 e. The summed E-state index contributed by atoms with van der Waals surface area (Å²) in [4.78, 5) is 0. The predicted octanol–water partition coefficient (Wildman–Crippen LogP) is 1.23. The number of aliphatic hydroxyl groups excluding tert-OH is 1. The Balaban J connectivity index is 2.03. The molecule has 2 rings (SSSR count). The summed E-state index contributed by atoms with van der Waals surface area (Å²) < 4.78 is 10.7. The molecule has 1 aromatic carbocycles. The molecule has 5 heteroatoms. The van der Waals surface area contributed by atoms with Gasteiger partial charge in [-0.15, -0.1) is 0 Å². The lowest BCUT2D eigenvalue weighted by Gasteiger charge is -2.25. The molecule has 1 fully saturated rings. The number of benzene rings is 1. The minimum atomic E-state index is -0.00659. The second-order valence-electron chi connectivity index (χ2n) is 4.63. The Morgan fingerprint density at radius 2 is 2.32 bits per heavy atom. The molecule has 0 saturated carbocycles. The van der Waals surface area contributed by atoms with E-state index in [1.807, 2.05) is 18.2 Å². The summed E-state index contributed by atoms with van der Waals surface area (Å²) in [5, 5.41) is 15.7. The monoisotopic (exact) mass is 266 g/mol. The highest BCUT2D eigenvalue weighted by molar-refractivity contribution is 5.55. The zero-order valence-corrected chi connectivity index (χ0v) is 11.3. The van der Waals surface area contributed by atoms with Gasteiger partial charge in [-0.2, -0.15) is 0 Å². The van der Waals surface area contributed by atoms with Crippen LogP contribution in [0.3, 0.4) is 0 Å². The molecule has 0 spiro atoms. The van der Waals surface area contributed by atoms with Crippen molar-refractivity contribution in [3.8, 4) is 11.5 Å². The average molecular weight is 266 g/mol. The summed E-state index contributed by atoms with van der Waals surface area (Å²) in [6.45, 7) is 2.35. The molecule has 1 unspecified atom stereocenters. The van der Waals surface area contributed by atoms with Crippen LogP contribution >= 0.6 is 0 Å². The average Bonchev–Trinajstić information content (AvgIpc) is 2.46. The lowest BCUT2D eigenvalue weighted by molar-refractivity contribution is 0.196. The van der Waals surface area contributed by atoms with Gasteiger partial charge in [0.2, 0.25) is 0 Å². The minimum absolute atomic E-state index is 0.00659. The summed E-state index contributed by atoms with van der Waals surface area (Å²) in [6, 6.07) is 6.24. The van der Waals surface area contributed by atoms with Crippen LogP contribution in [0.15, 0.2) is 18.2 Å². The lowest BCUT2D eigenvalue weighted by Crippen LogP contribution is -2.38. The fourth-order valence-corrected chi connectivity index (χ4v) is 2.25. The molecule has 1 atom stereocenters. The van der Waals surface area contributed by atoms with Crippen molar-refractivity contribution in [1.82, 2.24) is 5.32 Å². The van der Waals surface area contributed by atoms with Gasteiger partial charge in [-0.25, -0.2) is 0 Å². The number of piperidine rings is 1. The van der Waals surface area contributed by atoms with E-state index in [0.29, 0.717) is 17.5 Å². The van der Waals surface area contributed by atoms with Gasteiger partial charge in [-0.1, -0.05) is 0 Å².